The zero-order valence-electron chi connectivity index (χ0n) is 12.0. The van der Waals surface area contributed by atoms with Gasteiger partial charge >= 0.3 is 0 Å². The fourth-order valence-corrected chi connectivity index (χ4v) is 6.39. The molecule has 1 aromatic rings. The number of hydrogen-bond acceptors (Lipinski definition) is 1. The van der Waals surface area contributed by atoms with E-state index in [0.29, 0.717) is 5.41 Å². The molecule has 2 N–H and O–H groups in total. The van der Waals surface area contributed by atoms with Gasteiger partial charge in [0.25, 0.3) is 0 Å². The zero-order chi connectivity index (χ0) is 12.9. The molecule has 0 amide bonds. The molecule has 0 saturated heterocycles. The molecule has 4 saturated carbocycles. The van der Waals surface area contributed by atoms with Crippen LogP contribution in [0.3, 0.4) is 0 Å². The average Bonchev–Trinajstić information content (AvgIpc) is 2.87. The van der Waals surface area contributed by atoms with Gasteiger partial charge in [-0.15, -0.1) is 11.3 Å². The van der Waals surface area contributed by atoms with Crippen LogP contribution in [-0.4, -0.2) is 6.04 Å². The molecule has 2 heteroatoms. The molecule has 104 valence electrons. The first kappa shape index (κ1) is 12.4. The minimum atomic E-state index is 0.700. The lowest BCUT2D eigenvalue weighted by molar-refractivity contribution is -0.716. The summed E-state index contributed by atoms with van der Waals surface area (Å²) >= 11 is 1.91. The molecule has 0 aliphatic heterocycles. The van der Waals surface area contributed by atoms with Crippen LogP contribution in [0.2, 0.25) is 0 Å². The molecule has 5 rings (SSSR count). The highest BCUT2D eigenvalue weighted by Gasteiger charge is 2.54. The first-order chi connectivity index (χ1) is 9.23. The molecule has 4 aliphatic carbocycles. The highest BCUT2D eigenvalue weighted by molar-refractivity contribution is 7.09. The lowest BCUT2D eigenvalue weighted by Gasteiger charge is -2.57. The summed E-state index contributed by atoms with van der Waals surface area (Å²) in [6.07, 6.45) is 9.33. The quantitative estimate of drug-likeness (QED) is 0.868. The van der Waals surface area contributed by atoms with Gasteiger partial charge in [0.2, 0.25) is 0 Å². The third-order valence-corrected chi connectivity index (χ3v) is 7.20. The lowest BCUT2D eigenvalue weighted by Crippen LogP contribution is -2.91. The lowest BCUT2D eigenvalue weighted by atomic mass is 9.48. The van der Waals surface area contributed by atoms with Crippen molar-refractivity contribution in [2.24, 2.45) is 23.2 Å². The molecule has 4 aliphatic rings. The summed E-state index contributed by atoms with van der Waals surface area (Å²) < 4.78 is 0. The van der Waals surface area contributed by atoms with Gasteiger partial charge < -0.3 is 5.32 Å². The SMILES string of the molecule is C[C@@H]([NH2+]Cc1cccs1)C12CC3CC(CC(C3)C1)C2. The van der Waals surface area contributed by atoms with Crippen LogP contribution < -0.4 is 5.32 Å². The Bertz CT molecular complexity index is 401. The highest BCUT2D eigenvalue weighted by atomic mass is 32.1. The maximum atomic E-state index is 2.64. The van der Waals surface area contributed by atoms with Crippen molar-refractivity contribution in [3.8, 4) is 0 Å². The number of quaternary nitrogens is 1. The van der Waals surface area contributed by atoms with Crippen LogP contribution in [-0.2, 0) is 6.54 Å². The van der Waals surface area contributed by atoms with E-state index in [0.717, 1.165) is 23.8 Å². The Morgan fingerprint density at radius 2 is 1.84 bits per heavy atom. The predicted octanol–water partition coefficient (Wildman–Crippen LogP) is 3.42. The Morgan fingerprint density at radius 3 is 2.37 bits per heavy atom. The fourth-order valence-electron chi connectivity index (χ4n) is 5.71. The number of thiophene rings is 1. The van der Waals surface area contributed by atoms with Gasteiger partial charge in [0.05, 0.1) is 10.9 Å². The van der Waals surface area contributed by atoms with Crippen LogP contribution in [0.5, 0.6) is 0 Å². The Kier molecular flexibility index (Phi) is 3.00. The second-order valence-electron chi connectivity index (χ2n) is 7.59. The molecule has 4 fully saturated rings. The summed E-state index contributed by atoms with van der Waals surface area (Å²) in [5.41, 5.74) is 0.700. The summed E-state index contributed by atoms with van der Waals surface area (Å²) in [6.45, 7) is 3.71. The van der Waals surface area contributed by atoms with E-state index in [4.69, 9.17) is 0 Å². The number of hydrogen-bond donors (Lipinski definition) is 1. The van der Waals surface area contributed by atoms with E-state index >= 15 is 0 Å². The van der Waals surface area contributed by atoms with Crippen LogP contribution in [0.4, 0.5) is 0 Å². The van der Waals surface area contributed by atoms with Gasteiger partial charge in [-0.25, -0.2) is 0 Å². The summed E-state index contributed by atoms with van der Waals surface area (Å²) in [4.78, 5) is 1.54. The van der Waals surface area contributed by atoms with E-state index in [1.165, 1.54) is 11.4 Å². The first-order valence-electron chi connectivity index (χ1n) is 8.09. The first-order valence-corrected chi connectivity index (χ1v) is 8.97. The number of nitrogens with two attached hydrogens (primary N) is 1. The predicted molar refractivity (Wildman–Crippen MR) is 80.0 cm³/mol. The fraction of sp³-hybridized carbons (Fsp3) is 0.765. The standard InChI is InChI=1S/C17H25NS/c1-12(18-11-16-3-2-4-19-16)17-8-13-5-14(9-17)7-15(6-13)10-17/h2-4,12-15,18H,5-11H2,1H3/p+1/t12-,13?,14?,15?,17?/m1/s1. The van der Waals surface area contributed by atoms with E-state index in [2.05, 4.69) is 29.8 Å². The topological polar surface area (TPSA) is 16.6 Å². The zero-order valence-corrected chi connectivity index (χ0v) is 12.8. The van der Waals surface area contributed by atoms with E-state index in [1.54, 1.807) is 38.5 Å². The molecule has 1 heterocycles. The summed E-state index contributed by atoms with van der Waals surface area (Å²) in [6, 6.07) is 5.29. The molecule has 1 atom stereocenters. The van der Waals surface area contributed by atoms with Crippen molar-refractivity contribution in [1.82, 2.24) is 0 Å². The minimum Gasteiger partial charge on any atom is -0.339 e. The second kappa shape index (κ2) is 4.60. The molecular weight excluding hydrogens is 250 g/mol. The highest BCUT2D eigenvalue weighted by Crippen LogP contribution is 2.60. The molecule has 0 radical (unpaired) electrons. The summed E-state index contributed by atoms with van der Waals surface area (Å²) in [5, 5.41) is 4.84. The van der Waals surface area contributed by atoms with E-state index in [1.807, 2.05) is 11.3 Å². The number of rotatable bonds is 4. The van der Waals surface area contributed by atoms with Crippen LogP contribution in [0, 0.1) is 23.2 Å². The van der Waals surface area contributed by atoms with Crippen molar-refractivity contribution >= 4 is 11.3 Å². The second-order valence-corrected chi connectivity index (χ2v) is 8.62. The van der Waals surface area contributed by atoms with Gasteiger partial charge in [-0.1, -0.05) is 6.07 Å². The summed E-state index contributed by atoms with van der Waals surface area (Å²) in [7, 11) is 0. The molecule has 19 heavy (non-hydrogen) atoms. The molecule has 1 aromatic heterocycles. The van der Waals surface area contributed by atoms with E-state index in [9.17, 15) is 0 Å². The Morgan fingerprint density at radius 1 is 1.21 bits per heavy atom. The van der Waals surface area contributed by atoms with Crippen molar-refractivity contribution in [3.63, 3.8) is 0 Å². The van der Waals surface area contributed by atoms with Gasteiger partial charge in [-0.3, -0.25) is 0 Å². The monoisotopic (exact) mass is 276 g/mol. The molecule has 0 unspecified atom stereocenters. The van der Waals surface area contributed by atoms with Gasteiger partial charge in [0, 0.05) is 5.41 Å². The van der Waals surface area contributed by atoms with Crippen molar-refractivity contribution in [2.45, 2.75) is 58.0 Å². The van der Waals surface area contributed by atoms with Gasteiger partial charge in [-0.2, -0.15) is 0 Å². The third kappa shape index (κ3) is 2.17. The van der Waals surface area contributed by atoms with Crippen LogP contribution in [0.15, 0.2) is 17.5 Å². The smallest absolute Gasteiger partial charge is 0.111 e. The van der Waals surface area contributed by atoms with Crippen molar-refractivity contribution in [3.05, 3.63) is 22.4 Å². The molecule has 1 nitrogen and oxygen atoms in total. The van der Waals surface area contributed by atoms with Crippen LogP contribution in [0.1, 0.15) is 50.3 Å². The molecule has 4 bridgehead atoms. The van der Waals surface area contributed by atoms with E-state index in [-0.39, 0.29) is 0 Å². The summed E-state index contributed by atoms with van der Waals surface area (Å²) in [5.74, 6) is 3.26. The van der Waals surface area contributed by atoms with Crippen LogP contribution >= 0.6 is 11.3 Å². The Labute approximate surface area is 120 Å². The Balaban J connectivity index is 1.45. The molecule has 0 aromatic carbocycles. The normalized spacial score (nSPS) is 41.6. The molecular formula is C17H26NS+. The maximum Gasteiger partial charge on any atom is 0.111 e. The van der Waals surface area contributed by atoms with Gasteiger partial charge in [-0.05, 0) is 74.6 Å². The van der Waals surface area contributed by atoms with Gasteiger partial charge in [0.15, 0.2) is 0 Å². The maximum absolute atomic E-state index is 2.64. The van der Waals surface area contributed by atoms with Crippen LogP contribution in [0.25, 0.3) is 0 Å². The van der Waals surface area contributed by atoms with E-state index < -0.39 is 0 Å². The third-order valence-electron chi connectivity index (χ3n) is 6.30. The van der Waals surface area contributed by atoms with Crippen molar-refractivity contribution < 1.29 is 5.32 Å². The van der Waals surface area contributed by atoms with Crippen molar-refractivity contribution in [1.29, 1.82) is 0 Å². The van der Waals surface area contributed by atoms with Crippen molar-refractivity contribution in [2.75, 3.05) is 0 Å². The largest absolute Gasteiger partial charge is 0.339 e. The average molecular weight is 276 g/mol. The Hall–Kier alpha value is -0.340. The van der Waals surface area contributed by atoms with Gasteiger partial charge in [0.1, 0.15) is 6.54 Å². The minimum absolute atomic E-state index is 0.700. The molecule has 0 spiro atoms.